The van der Waals surface area contributed by atoms with Crippen LogP contribution in [0.3, 0.4) is 0 Å². The van der Waals surface area contributed by atoms with Gasteiger partial charge < -0.3 is 9.64 Å². The first-order chi connectivity index (χ1) is 7.89. The van der Waals surface area contributed by atoms with Gasteiger partial charge in [0.25, 0.3) is 0 Å². The van der Waals surface area contributed by atoms with Gasteiger partial charge in [-0.15, -0.1) is 0 Å². The summed E-state index contributed by atoms with van der Waals surface area (Å²) in [6.45, 7) is 10.5. The fourth-order valence-electron chi connectivity index (χ4n) is 2.34. The van der Waals surface area contributed by atoms with E-state index in [0.717, 1.165) is 16.4 Å². The van der Waals surface area contributed by atoms with Crippen LogP contribution in [0.5, 0.6) is 0 Å². The maximum absolute atomic E-state index is 6.08. The summed E-state index contributed by atoms with van der Waals surface area (Å²) >= 11 is 6.08. The molecule has 1 atom stereocenters. The second-order valence-corrected chi connectivity index (χ2v) is 5.37. The highest BCUT2D eigenvalue weighted by molar-refractivity contribution is 6.30. The van der Waals surface area contributed by atoms with Crippen molar-refractivity contribution in [1.29, 1.82) is 0 Å². The number of hydrogen-bond donors (Lipinski definition) is 0. The zero-order valence-electron chi connectivity index (χ0n) is 10.7. The summed E-state index contributed by atoms with van der Waals surface area (Å²) < 4.78 is 5.42. The van der Waals surface area contributed by atoms with Crippen molar-refractivity contribution in [2.45, 2.75) is 32.4 Å². The van der Waals surface area contributed by atoms with Gasteiger partial charge in [0.15, 0.2) is 0 Å². The summed E-state index contributed by atoms with van der Waals surface area (Å²) in [4.78, 5) is 2.13. The van der Waals surface area contributed by atoms with E-state index in [-0.39, 0.29) is 11.6 Å². The van der Waals surface area contributed by atoms with E-state index in [9.17, 15) is 0 Å². The van der Waals surface area contributed by atoms with Crippen molar-refractivity contribution in [1.82, 2.24) is 0 Å². The van der Waals surface area contributed by atoms with Gasteiger partial charge in [-0.2, -0.15) is 0 Å². The molecular formula is C14H18ClNO. The van der Waals surface area contributed by atoms with Gasteiger partial charge in [0.05, 0.1) is 0 Å². The maximum atomic E-state index is 6.08. The molecule has 0 aliphatic carbocycles. The highest BCUT2D eigenvalue weighted by Gasteiger charge is 2.40. The minimum Gasteiger partial charge on any atom is -0.362 e. The van der Waals surface area contributed by atoms with Gasteiger partial charge in [-0.1, -0.05) is 32.0 Å². The quantitative estimate of drug-likeness (QED) is 0.789. The van der Waals surface area contributed by atoms with Crippen LogP contribution in [-0.2, 0) is 10.2 Å². The molecule has 0 fully saturated rings. The molecule has 1 aliphatic heterocycles. The topological polar surface area (TPSA) is 12.5 Å². The third-order valence-corrected chi connectivity index (χ3v) is 3.84. The molecule has 0 saturated carbocycles. The fraction of sp³-hybridized carbons (Fsp3) is 0.429. The van der Waals surface area contributed by atoms with Crippen molar-refractivity contribution in [2.75, 3.05) is 12.0 Å². The molecule has 17 heavy (non-hydrogen) atoms. The summed E-state index contributed by atoms with van der Waals surface area (Å²) in [5.74, 6) is 0. The van der Waals surface area contributed by atoms with E-state index < -0.39 is 0 Å². The number of methoxy groups -OCH3 is 1. The Hall–Kier alpha value is -0.990. The fourth-order valence-corrected chi connectivity index (χ4v) is 2.51. The molecule has 2 nitrogen and oxygen atoms in total. The molecule has 3 heteroatoms. The smallest absolute Gasteiger partial charge is 0.130 e. The lowest BCUT2D eigenvalue weighted by Crippen LogP contribution is -2.34. The summed E-state index contributed by atoms with van der Waals surface area (Å²) in [5, 5.41) is 0.761. The van der Waals surface area contributed by atoms with Crippen LogP contribution in [-0.4, -0.2) is 13.3 Å². The Balaban J connectivity index is 2.59. The first kappa shape index (κ1) is 12.5. The molecule has 0 bridgehead atoms. The Morgan fingerprint density at radius 2 is 2.06 bits per heavy atom. The van der Waals surface area contributed by atoms with Crippen LogP contribution in [0.1, 0.15) is 26.3 Å². The summed E-state index contributed by atoms with van der Waals surface area (Å²) in [5.41, 5.74) is 3.29. The van der Waals surface area contributed by atoms with Crippen molar-refractivity contribution < 1.29 is 4.74 Å². The molecule has 1 heterocycles. The van der Waals surface area contributed by atoms with E-state index in [4.69, 9.17) is 16.3 Å². The van der Waals surface area contributed by atoms with E-state index in [0.29, 0.717) is 0 Å². The molecule has 0 saturated heterocycles. The monoisotopic (exact) mass is 251 g/mol. The van der Waals surface area contributed by atoms with Gasteiger partial charge in [0.1, 0.15) is 6.23 Å². The highest BCUT2D eigenvalue weighted by atomic mass is 35.5. The third kappa shape index (κ3) is 1.76. The van der Waals surface area contributed by atoms with Gasteiger partial charge in [-0.3, -0.25) is 0 Å². The lowest BCUT2D eigenvalue weighted by Gasteiger charge is -2.30. The van der Waals surface area contributed by atoms with Crippen LogP contribution in [0.15, 0.2) is 30.5 Å². The van der Waals surface area contributed by atoms with Gasteiger partial charge in [-0.05, 0) is 30.7 Å². The molecule has 92 valence electrons. The minimum atomic E-state index is -0.104. The first-order valence-corrected chi connectivity index (χ1v) is 6.09. The number of benzene rings is 1. The molecule has 1 aliphatic rings. The van der Waals surface area contributed by atoms with Crippen molar-refractivity contribution in [3.05, 3.63) is 41.1 Å². The van der Waals surface area contributed by atoms with Crippen LogP contribution in [0.2, 0.25) is 5.02 Å². The van der Waals surface area contributed by atoms with E-state index in [1.165, 1.54) is 5.56 Å². The Bertz CT molecular complexity index is 467. The third-order valence-electron chi connectivity index (χ3n) is 3.61. The van der Waals surface area contributed by atoms with Gasteiger partial charge in [0.2, 0.25) is 0 Å². The summed E-state index contributed by atoms with van der Waals surface area (Å²) in [7, 11) is 1.71. The first-order valence-electron chi connectivity index (χ1n) is 5.71. The van der Waals surface area contributed by atoms with Crippen molar-refractivity contribution >= 4 is 17.3 Å². The number of halogens is 1. The standard InChI is InChI=1S/C14H18ClNO/c1-9-14(3,4)12-8-11(15)6-7-13(12)16(9)10(2)17-5/h6-8,10H,1H2,2-5H3. The summed E-state index contributed by atoms with van der Waals surface area (Å²) in [6.07, 6.45) is -0.0239. The number of nitrogens with zero attached hydrogens (tertiary/aromatic N) is 1. The molecule has 0 amide bonds. The second-order valence-electron chi connectivity index (χ2n) is 4.94. The van der Waals surface area contributed by atoms with Gasteiger partial charge in [-0.25, -0.2) is 0 Å². The average molecular weight is 252 g/mol. The number of ether oxygens (including phenoxy) is 1. The zero-order valence-corrected chi connectivity index (χ0v) is 11.5. The van der Waals surface area contributed by atoms with Gasteiger partial charge >= 0.3 is 0 Å². The number of fused-ring (bicyclic) bond motifs is 1. The lowest BCUT2D eigenvalue weighted by molar-refractivity contribution is 0.120. The molecule has 1 aromatic carbocycles. The largest absolute Gasteiger partial charge is 0.362 e. The number of rotatable bonds is 2. The predicted octanol–water partition coefficient (Wildman–Crippen LogP) is 3.94. The van der Waals surface area contributed by atoms with Crippen LogP contribution in [0, 0.1) is 0 Å². The second kappa shape index (κ2) is 4.04. The molecule has 0 spiro atoms. The molecule has 1 unspecified atom stereocenters. The normalized spacial score (nSPS) is 19.4. The Morgan fingerprint density at radius 1 is 1.41 bits per heavy atom. The summed E-state index contributed by atoms with van der Waals surface area (Å²) in [6, 6.07) is 5.96. The number of allylic oxidation sites excluding steroid dienone is 1. The van der Waals surface area contributed by atoms with Gasteiger partial charge in [0, 0.05) is 28.9 Å². The minimum absolute atomic E-state index is 0.0239. The van der Waals surface area contributed by atoms with Crippen molar-refractivity contribution in [3.63, 3.8) is 0 Å². The van der Waals surface area contributed by atoms with Crippen LogP contribution >= 0.6 is 11.6 Å². The number of hydrogen-bond acceptors (Lipinski definition) is 2. The predicted molar refractivity (Wildman–Crippen MR) is 72.6 cm³/mol. The Labute approximate surface area is 108 Å². The van der Waals surface area contributed by atoms with Crippen LogP contribution < -0.4 is 4.90 Å². The van der Waals surface area contributed by atoms with Crippen molar-refractivity contribution in [2.24, 2.45) is 0 Å². The average Bonchev–Trinajstić information content (AvgIpc) is 2.48. The van der Waals surface area contributed by atoms with Crippen LogP contribution in [0.4, 0.5) is 5.69 Å². The van der Waals surface area contributed by atoms with Crippen LogP contribution in [0.25, 0.3) is 0 Å². The molecule has 2 rings (SSSR count). The molecule has 0 aromatic heterocycles. The van der Waals surface area contributed by atoms with E-state index in [1.54, 1.807) is 7.11 Å². The van der Waals surface area contributed by atoms with E-state index in [2.05, 4.69) is 25.3 Å². The SMILES string of the molecule is C=C1N(C(C)OC)c2ccc(Cl)cc2C1(C)C. The Kier molecular flexibility index (Phi) is 2.96. The number of anilines is 1. The highest BCUT2D eigenvalue weighted by Crippen LogP contribution is 2.48. The van der Waals surface area contributed by atoms with E-state index in [1.807, 2.05) is 25.1 Å². The molecule has 0 radical (unpaired) electrons. The van der Waals surface area contributed by atoms with E-state index >= 15 is 0 Å². The Morgan fingerprint density at radius 3 is 2.65 bits per heavy atom. The molecular weight excluding hydrogens is 234 g/mol. The zero-order chi connectivity index (χ0) is 12.8. The molecule has 0 N–H and O–H groups in total. The lowest BCUT2D eigenvalue weighted by atomic mass is 9.84. The van der Waals surface area contributed by atoms with Crippen molar-refractivity contribution in [3.8, 4) is 0 Å². The maximum Gasteiger partial charge on any atom is 0.130 e. The molecule has 1 aromatic rings.